The molecule has 11 heteroatoms. The highest BCUT2D eigenvalue weighted by molar-refractivity contribution is 5.90. The van der Waals surface area contributed by atoms with Crippen molar-refractivity contribution < 1.29 is 13.6 Å². The SMILES string of the molecule is O=C(NC1CCN(c2nccn3ccnc23)C1)c1ncn(-c2ccc(F)c(F)c2)n1. The third-order valence-electron chi connectivity index (χ3n) is 4.98. The molecule has 0 bridgehead atoms. The van der Waals surface area contributed by atoms with Crippen molar-refractivity contribution in [2.45, 2.75) is 12.5 Å². The number of nitrogens with zero attached hydrogens (tertiary/aromatic N) is 7. The molecule has 1 aliphatic rings. The number of aromatic nitrogens is 6. The zero-order valence-corrected chi connectivity index (χ0v) is 15.6. The lowest BCUT2D eigenvalue weighted by atomic mass is 10.2. The van der Waals surface area contributed by atoms with E-state index in [0.717, 1.165) is 36.6 Å². The summed E-state index contributed by atoms with van der Waals surface area (Å²) in [6.07, 6.45) is 9.13. The molecule has 0 spiro atoms. The minimum Gasteiger partial charge on any atom is -0.351 e. The van der Waals surface area contributed by atoms with Crippen molar-refractivity contribution >= 4 is 17.4 Å². The maximum absolute atomic E-state index is 13.4. The number of rotatable bonds is 4. The van der Waals surface area contributed by atoms with Crippen LogP contribution in [0.2, 0.25) is 0 Å². The molecule has 1 N–H and O–H groups in total. The van der Waals surface area contributed by atoms with Gasteiger partial charge < -0.3 is 14.6 Å². The van der Waals surface area contributed by atoms with E-state index >= 15 is 0 Å². The number of benzene rings is 1. The number of anilines is 1. The standard InChI is InChI=1S/C19H16F2N8O/c20-14-2-1-13(9-15(14)21)29-11-24-16(26-29)19(30)25-12-3-6-28(10-12)18-17-22-4-7-27(17)8-5-23-18/h1-2,4-5,7-9,11-12H,3,6,10H2,(H,25,30). The van der Waals surface area contributed by atoms with Crippen molar-refractivity contribution in [3.8, 4) is 5.69 Å². The molecule has 0 aliphatic carbocycles. The average molecular weight is 410 g/mol. The Labute approximate surface area is 169 Å². The molecule has 1 aliphatic heterocycles. The first-order valence-electron chi connectivity index (χ1n) is 9.29. The molecule has 9 nitrogen and oxygen atoms in total. The molecule has 3 aromatic heterocycles. The third kappa shape index (κ3) is 3.23. The minimum absolute atomic E-state index is 0.0494. The first-order chi connectivity index (χ1) is 14.6. The smallest absolute Gasteiger partial charge is 0.291 e. The largest absolute Gasteiger partial charge is 0.351 e. The van der Waals surface area contributed by atoms with Crippen LogP contribution in [0.3, 0.4) is 0 Å². The first kappa shape index (κ1) is 18.2. The van der Waals surface area contributed by atoms with Crippen molar-refractivity contribution in [2.24, 2.45) is 0 Å². The van der Waals surface area contributed by atoms with Gasteiger partial charge in [0.05, 0.1) is 5.69 Å². The number of imidazole rings is 1. The van der Waals surface area contributed by atoms with Crippen molar-refractivity contribution in [3.63, 3.8) is 0 Å². The Morgan fingerprint density at radius 3 is 2.77 bits per heavy atom. The summed E-state index contributed by atoms with van der Waals surface area (Å²) in [6.45, 7) is 1.30. The fraction of sp³-hybridized carbons (Fsp3) is 0.211. The average Bonchev–Trinajstić information content (AvgIpc) is 3.50. The number of hydrogen-bond acceptors (Lipinski definition) is 6. The van der Waals surface area contributed by atoms with Gasteiger partial charge in [-0.2, -0.15) is 0 Å². The molecule has 152 valence electrons. The topological polar surface area (TPSA) is 93.2 Å². The van der Waals surface area contributed by atoms with Crippen LogP contribution >= 0.6 is 0 Å². The lowest BCUT2D eigenvalue weighted by Crippen LogP contribution is -2.37. The summed E-state index contributed by atoms with van der Waals surface area (Å²) in [5.41, 5.74) is 1.03. The molecule has 1 atom stereocenters. The van der Waals surface area contributed by atoms with Crippen LogP contribution in [0.25, 0.3) is 11.3 Å². The molecular weight excluding hydrogens is 394 g/mol. The maximum atomic E-state index is 13.4. The highest BCUT2D eigenvalue weighted by atomic mass is 19.2. The van der Waals surface area contributed by atoms with E-state index in [1.54, 1.807) is 12.4 Å². The Kier molecular flexibility index (Phi) is 4.34. The van der Waals surface area contributed by atoms with Crippen LogP contribution in [-0.2, 0) is 0 Å². The molecule has 1 aromatic carbocycles. The van der Waals surface area contributed by atoms with E-state index < -0.39 is 17.5 Å². The van der Waals surface area contributed by atoms with Crippen LogP contribution in [-0.4, -0.2) is 54.2 Å². The van der Waals surface area contributed by atoms with Gasteiger partial charge in [-0.1, -0.05) is 0 Å². The molecule has 0 radical (unpaired) electrons. The zero-order chi connectivity index (χ0) is 20.7. The van der Waals surface area contributed by atoms with E-state index in [4.69, 9.17) is 0 Å². The molecule has 4 aromatic rings. The van der Waals surface area contributed by atoms with Crippen molar-refractivity contribution in [2.75, 3.05) is 18.0 Å². The lowest BCUT2D eigenvalue weighted by Gasteiger charge is -2.18. The van der Waals surface area contributed by atoms with E-state index in [1.165, 1.54) is 17.1 Å². The van der Waals surface area contributed by atoms with Crippen molar-refractivity contribution in [3.05, 3.63) is 66.8 Å². The monoisotopic (exact) mass is 410 g/mol. The highest BCUT2D eigenvalue weighted by Gasteiger charge is 2.27. The van der Waals surface area contributed by atoms with Gasteiger partial charge in [0.2, 0.25) is 5.82 Å². The van der Waals surface area contributed by atoms with Gasteiger partial charge in [-0.25, -0.2) is 28.4 Å². The molecule has 1 unspecified atom stereocenters. The zero-order valence-electron chi connectivity index (χ0n) is 15.6. The van der Waals surface area contributed by atoms with Gasteiger partial charge in [-0.15, -0.1) is 5.10 Å². The molecule has 1 saturated heterocycles. The molecule has 1 amide bonds. The van der Waals surface area contributed by atoms with Gasteiger partial charge in [0.15, 0.2) is 23.1 Å². The van der Waals surface area contributed by atoms with Crippen molar-refractivity contribution in [1.82, 2.24) is 34.4 Å². The Hall–Kier alpha value is -3.89. The third-order valence-corrected chi connectivity index (χ3v) is 4.98. The molecular formula is C19H16F2N8O. The molecule has 30 heavy (non-hydrogen) atoms. The van der Waals surface area contributed by atoms with Gasteiger partial charge in [0.1, 0.15) is 6.33 Å². The van der Waals surface area contributed by atoms with E-state index in [1.807, 2.05) is 16.8 Å². The van der Waals surface area contributed by atoms with Gasteiger partial charge in [0, 0.05) is 50.0 Å². The van der Waals surface area contributed by atoms with Gasteiger partial charge in [0.25, 0.3) is 5.91 Å². The Balaban J connectivity index is 1.27. The minimum atomic E-state index is -0.999. The summed E-state index contributed by atoms with van der Waals surface area (Å²) in [5, 5.41) is 6.98. The number of amides is 1. The number of fused-ring (bicyclic) bond motifs is 1. The maximum Gasteiger partial charge on any atom is 0.291 e. The Bertz CT molecular complexity index is 1240. The second-order valence-corrected chi connectivity index (χ2v) is 6.93. The summed E-state index contributed by atoms with van der Waals surface area (Å²) in [4.78, 5) is 27.4. The number of halogens is 2. The number of hydrogen-bond donors (Lipinski definition) is 1. The fourth-order valence-corrected chi connectivity index (χ4v) is 3.50. The second-order valence-electron chi connectivity index (χ2n) is 6.93. The predicted octanol–water partition coefficient (Wildman–Crippen LogP) is 1.60. The van der Waals surface area contributed by atoms with Crippen LogP contribution in [0.15, 0.2) is 49.3 Å². The summed E-state index contributed by atoms with van der Waals surface area (Å²) in [7, 11) is 0. The predicted molar refractivity (Wildman–Crippen MR) is 102 cm³/mol. The summed E-state index contributed by atoms with van der Waals surface area (Å²) in [6, 6.07) is 3.23. The Morgan fingerprint density at radius 2 is 1.93 bits per heavy atom. The quantitative estimate of drug-likeness (QED) is 0.549. The lowest BCUT2D eigenvalue weighted by molar-refractivity contribution is 0.0930. The number of carbonyl (C=O) groups excluding carboxylic acids is 1. The van der Waals surface area contributed by atoms with E-state index in [-0.39, 0.29) is 17.6 Å². The van der Waals surface area contributed by atoms with E-state index in [2.05, 4.69) is 30.3 Å². The molecule has 4 heterocycles. The molecule has 0 saturated carbocycles. The van der Waals surface area contributed by atoms with Crippen molar-refractivity contribution in [1.29, 1.82) is 0 Å². The highest BCUT2D eigenvalue weighted by Crippen LogP contribution is 2.22. The van der Waals surface area contributed by atoms with Gasteiger partial charge in [-0.3, -0.25) is 4.79 Å². The fourth-order valence-electron chi connectivity index (χ4n) is 3.50. The summed E-state index contributed by atoms with van der Waals surface area (Å²) in [5.74, 6) is -1.67. The van der Waals surface area contributed by atoms with E-state index in [0.29, 0.717) is 6.54 Å². The van der Waals surface area contributed by atoms with Gasteiger partial charge >= 0.3 is 0 Å². The van der Waals surface area contributed by atoms with Crippen LogP contribution in [0.4, 0.5) is 14.6 Å². The normalized spacial score (nSPS) is 16.3. The van der Waals surface area contributed by atoms with Crippen LogP contribution in [0.5, 0.6) is 0 Å². The molecule has 1 fully saturated rings. The van der Waals surface area contributed by atoms with Crippen LogP contribution in [0, 0.1) is 11.6 Å². The van der Waals surface area contributed by atoms with Gasteiger partial charge in [-0.05, 0) is 18.6 Å². The number of carbonyl (C=O) groups is 1. The van der Waals surface area contributed by atoms with Crippen LogP contribution < -0.4 is 10.2 Å². The van der Waals surface area contributed by atoms with E-state index in [9.17, 15) is 13.6 Å². The number of nitrogens with one attached hydrogen (secondary N) is 1. The second kappa shape index (κ2) is 7.17. The molecule has 5 rings (SSSR count). The van der Waals surface area contributed by atoms with Crippen LogP contribution in [0.1, 0.15) is 17.0 Å². The summed E-state index contributed by atoms with van der Waals surface area (Å²) < 4.78 is 29.6. The Morgan fingerprint density at radius 1 is 1.10 bits per heavy atom. The first-order valence-corrected chi connectivity index (χ1v) is 9.29. The summed E-state index contributed by atoms with van der Waals surface area (Å²) >= 11 is 0.